The lowest BCUT2D eigenvalue weighted by Gasteiger charge is -2.26. The molecule has 0 aromatic rings. The average Bonchev–Trinajstić information content (AvgIpc) is 2.38. The van der Waals surface area contributed by atoms with E-state index in [4.69, 9.17) is 0 Å². The summed E-state index contributed by atoms with van der Waals surface area (Å²) in [5.74, 6) is 0. The van der Waals surface area contributed by atoms with E-state index in [9.17, 15) is 0 Å². The van der Waals surface area contributed by atoms with Crippen LogP contribution in [0.4, 0.5) is 0 Å². The minimum absolute atomic E-state index is 0. The maximum atomic E-state index is 3.56. The molecule has 1 rings (SSSR count). The van der Waals surface area contributed by atoms with Crippen LogP contribution in [0.1, 0.15) is 61.2 Å². The van der Waals surface area contributed by atoms with Gasteiger partial charge in [-0.25, -0.2) is 0 Å². The summed E-state index contributed by atoms with van der Waals surface area (Å²) in [6.07, 6.45) is 10.4. The molecule has 1 aliphatic heterocycles. The number of piperidine rings is 1. The summed E-state index contributed by atoms with van der Waals surface area (Å²) < 4.78 is 0. The van der Waals surface area contributed by atoms with Gasteiger partial charge < -0.3 is 10.2 Å². The molecule has 18 heavy (non-hydrogen) atoms. The van der Waals surface area contributed by atoms with Crippen LogP contribution in [-0.2, 0) is 0 Å². The lowest BCUT2D eigenvalue weighted by Crippen LogP contribution is -2.36. The molecular formula is C16H36N2. The third-order valence-corrected chi connectivity index (χ3v) is 3.72. The van der Waals surface area contributed by atoms with Gasteiger partial charge in [0.25, 0.3) is 0 Å². The van der Waals surface area contributed by atoms with Gasteiger partial charge in [0.2, 0.25) is 0 Å². The van der Waals surface area contributed by atoms with E-state index in [1.165, 1.54) is 76.8 Å². The lowest BCUT2D eigenvalue weighted by molar-refractivity contribution is 0.229. The van der Waals surface area contributed by atoms with Gasteiger partial charge >= 0.3 is 0 Å². The minimum atomic E-state index is 0. The maximum Gasteiger partial charge on any atom is 0.0107 e. The van der Waals surface area contributed by atoms with E-state index in [0.29, 0.717) is 0 Å². The van der Waals surface area contributed by atoms with Crippen molar-refractivity contribution in [3.63, 3.8) is 0 Å². The van der Waals surface area contributed by atoms with Crippen LogP contribution in [0.15, 0.2) is 11.6 Å². The molecule has 1 heterocycles. The van der Waals surface area contributed by atoms with Crippen LogP contribution in [-0.4, -0.2) is 37.6 Å². The van der Waals surface area contributed by atoms with E-state index >= 15 is 0 Å². The van der Waals surface area contributed by atoms with Crippen molar-refractivity contribution < 1.29 is 1.43 Å². The van der Waals surface area contributed by atoms with Gasteiger partial charge in [-0.1, -0.05) is 25.5 Å². The van der Waals surface area contributed by atoms with Crippen LogP contribution in [0.5, 0.6) is 0 Å². The fraction of sp³-hybridized carbons (Fsp3) is 0.875. The Kier molecular flexibility index (Phi) is 11.5. The number of likely N-dealkylation sites (tertiary alicyclic amines) is 1. The van der Waals surface area contributed by atoms with E-state index < -0.39 is 0 Å². The lowest BCUT2D eigenvalue weighted by atomic mass is 10.1. The smallest absolute Gasteiger partial charge is 0.0107 e. The van der Waals surface area contributed by atoms with Crippen LogP contribution >= 0.6 is 0 Å². The Balaban J connectivity index is 0. The Morgan fingerprint density at radius 1 is 1.17 bits per heavy atom. The minimum Gasteiger partial charge on any atom is -0.315 e. The third-order valence-electron chi connectivity index (χ3n) is 3.72. The van der Waals surface area contributed by atoms with Gasteiger partial charge in [-0.15, -0.1) is 0 Å². The second-order valence-electron chi connectivity index (χ2n) is 5.24. The molecule has 0 aliphatic carbocycles. The number of hydrogen-bond acceptors (Lipinski definition) is 2. The van der Waals surface area contributed by atoms with Crippen LogP contribution in [0.2, 0.25) is 0 Å². The van der Waals surface area contributed by atoms with Crippen molar-refractivity contribution in [1.82, 2.24) is 10.2 Å². The number of unbranched alkanes of at least 4 members (excludes halogenated alkanes) is 1. The molecule has 2 heteroatoms. The Morgan fingerprint density at radius 3 is 2.56 bits per heavy atom. The van der Waals surface area contributed by atoms with Gasteiger partial charge in [0.05, 0.1) is 0 Å². The maximum absolute atomic E-state index is 3.56. The zero-order valence-corrected chi connectivity index (χ0v) is 11.8. The molecule has 1 saturated heterocycles. The molecule has 110 valence electrons. The molecule has 1 fully saturated rings. The molecule has 0 spiro atoms. The zero-order valence-electron chi connectivity index (χ0n) is 11.8. The third kappa shape index (κ3) is 8.71. The summed E-state index contributed by atoms with van der Waals surface area (Å²) in [5.41, 5.74) is 1.53. The largest absolute Gasteiger partial charge is 0.315 e. The van der Waals surface area contributed by atoms with Crippen molar-refractivity contribution >= 4 is 0 Å². The first-order valence-electron chi connectivity index (χ1n) is 7.38. The summed E-state index contributed by atoms with van der Waals surface area (Å²) in [5, 5.41) is 3.56. The highest BCUT2D eigenvalue weighted by Crippen LogP contribution is 2.07. The number of nitrogens with zero attached hydrogens (tertiary/aromatic N) is 1. The quantitative estimate of drug-likeness (QED) is 0.520. The number of rotatable bonds is 8. The van der Waals surface area contributed by atoms with E-state index in [2.05, 4.69) is 30.1 Å². The molecular weight excluding hydrogens is 220 g/mol. The highest BCUT2D eigenvalue weighted by molar-refractivity contribution is 4.94. The molecule has 0 bridgehead atoms. The Morgan fingerprint density at radius 2 is 1.89 bits per heavy atom. The van der Waals surface area contributed by atoms with Gasteiger partial charge in [0.1, 0.15) is 0 Å². The van der Waals surface area contributed by atoms with E-state index in [1.54, 1.807) is 0 Å². The van der Waals surface area contributed by atoms with Crippen LogP contribution in [0.25, 0.3) is 0 Å². The van der Waals surface area contributed by atoms with E-state index in [1.807, 2.05) is 0 Å². The molecule has 0 saturated carbocycles. The summed E-state index contributed by atoms with van der Waals surface area (Å²) in [6, 6.07) is 0. The SMILES string of the molecule is C.C/C=C(/C)CCCCNCCN1CCCCC1.[HH]. The summed E-state index contributed by atoms with van der Waals surface area (Å²) in [6.45, 7) is 10.6. The monoisotopic (exact) mass is 256 g/mol. The van der Waals surface area contributed by atoms with Gasteiger partial charge in [0.15, 0.2) is 0 Å². The molecule has 0 radical (unpaired) electrons. The Hall–Kier alpha value is -0.340. The molecule has 0 aromatic carbocycles. The molecule has 1 aliphatic rings. The topological polar surface area (TPSA) is 15.3 Å². The van der Waals surface area contributed by atoms with Gasteiger partial charge in [-0.3, -0.25) is 0 Å². The number of nitrogens with one attached hydrogen (secondary N) is 1. The second kappa shape index (κ2) is 11.7. The number of hydrogen-bond donors (Lipinski definition) is 1. The van der Waals surface area contributed by atoms with Crippen molar-refractivity contribution in [3.05, 3.63) is 11.6 Å². The van der Waals surface area contributed by atoms with Crippen molar-refractivity contribution in [1.29, 1.82) is 0 Å². The molecule has 1 N–H and O–H groups in total. The molecule has 0 atom stereocenters. The zero-order chi connectivity index (χ0) is 12.3. The molecule has 0 aromatic heterocycles. The fourth-order valence-corrected chi connectivity index (χ4v) is 2.34. The average molecular weight is 256 g/mol. The summed E-state index contributed by atoms with van der Waals surface area (Å²) in [4.78, 5) is 2.60. The predicted molar refractivity (Wildman–Crippen MR) is 85.3 cm³/mol. The standard InChI is InChI=1S/C15H30N2.CH4.H2/c1-3-15(2)9-5-6-10-16-11-14-17-12-7-4-8-13-17;;/h3,16H,4-14H2,1-2H3;1H4;1H/b15-3-;;. The first kappa shape index (κ1) is 17.7. The van der Waals surface area contributed by atoms with Crippen molar-refractivity contribution in [2.45, 2.75) is 59.8 Å². The predicted octanol–water partition coefficient (Wildman–Crippen LogP) is 4.08. The van der Waals surface area contributed by atoms with E-state index in [-0.39, 0.29) is 8.85 Å². The summed E-state index contributed by atoms with van der Waals surface area (Å²) in [7, 11) is 0. The number of allylic oxidation sites excluding steroid dienone is 2. The Bertz CT molecular complexity index is 211. The fourth-order valence-electron chi connectivity index (χ4n) is 2.34. The molecule has 0 unspecified atom stereocenters. The van der Waals surface area contributed by atoms with Gasteiger partial charge in [-0.2, -0.15) is 0 Å². The van der Waals surface area contributed by atoms with Crippen molar-refractivity contribution in [2.24, 2.45) is 0 Å². The first-order chi connectivity index (χ1) is 8.33. The highest BCUT2D eigenvalue weighted by Gasteiger charge is 2.08. The normalized spacial score (nSPS) is 17.6. The van der Waals surface area contributed by atoms with Gasteiger partial charge in [-0.05, 0) is 65.6 Å². The Labute approximate surface area is 116 Å². The second-order valence-corrected chi connectivity index (χ2v) is 5.24. The van der Waals surface area contributed by atoms with Crippen molar-refractivity contribution in [2.75, 3.05) is 32.7 Å². The van der Waals surface area contributed by atoms with Crippen LogP contribution in [0.3, 0.4) is 0 Å². The molecule has 2 nitrogen and oxygen atoms in total. The van der Waals surface area contributed by atoms with Gasteiger partial charge in [0, 0.05) is 14.5 Å². The van der Waals surface area contributed by atoms with E-state index in [0.717, 1.165) is 0 Å². The highest BCUT2D eigenvalue weighted by atomic mass is 15.1. The molecule has 0 amide bonds. The summed E-state index contributed by atoms with van der Waals surface area (Å²) >= 11 is 0. The van der Waals surface area contributed by atoms with Crippen LogP contribution < -0.4 is 5.32 Å². The first-order valence-corrected chi connectivity index (χ1v) is 7.38. The van der Waals surface area contributed by atoms with Crippen LogP contribution in [0, 0.1) is 0 Å². The van der Waals surface area contributed by atoms with Crippen molar-refractivity contribution in [3.8, 4) is 0 Å².